The summed E-state index contributed by atoms with van der Waals surface area (Å²) >= 11 is 1.01. The lowest BCUT2D eigenvalue weighted by molar-refractivity contribution is 0.0173. The van der Waals surface area contributed by atoms with E-state index in [0.29, 0.717) is 5.01 Å². The highest BCUT2D eigenvalue weighted by molar-refractivity contribution is 7.13. The molecule has 14 heteroatoms. The zero-order chi connectivity index (χ0) is 24.0. The van der Waals surface area contributed by atoms with Crippen molar-refractivity contribution < 1.29 is 22.8 Å². The molecule has 3 rings (SSSR count). The van der Waals surface area contributed by atoms with Crippen LogP contribution in [0, 0.1) is 0 Å². The minimum Gasteiger partial charge on any atom is -0.354 e. The van der Waals surface area contributed by atoms with Gasteiger partial charge in [-0.1, -0.05) is 16.6 Å². The zero-order valence-corrected chi connectivity index (χ0v) is 18.6. The molecule has 1 atom stereocenters. The molecule has 33 heavy (non-hydrogen) atoms. The zero-order valence-electron chi connectivity index (χ0n) is 17.8. The third kappa shape index (κ3) is 6.78. The van der Waals surface area contributed by atoms with Gasteiger partial charge >= 0.3 is 0 Å². The smallest absolute Gasteiger partial charge is 0.282 e. The van der Waals surface area contributed by atoms with Crippen LogP contribution in [0.5, 0.6) is 0 Å². The number of hydrogen-bond acceptors (Lipinski definition) is 8. The van der Waals surface area contributed by atoms with E-state index in [2.05, 4.69) is 36.1 Å². The third-order valence-electron chi connectivity index (χ3n) is 4.47. The van der Waals surface area contributed by atoms with E-state index in [-0.39, 0.29) is 47.9 Å². The molecule has 0 aliphatic heterocycles. The standard InChI is InChI=1S/C19H21F3N8O2S/c1-19(21,22)11-5-6-24-13(7-11)8-25-17(32)18-28-27-15(33-18)4-3-12(20)9-30-10-14(26-29-30)16(31)23-2/h5-7,10,12H,3-4,8-9H2,1-2H3,(H,23,31)(H,25,32). The van der Waals surface area contributed by atoms with Crippen molar-refractivity contribution in [2.24, 2.45) is 0 Å². The Morgan fingerprint density at radius 2 is 2.03 bits per heavy atom. The second-order valence-electron chi connectivity index (χ2n) is 7.15. The first-order valence-corrected chi connectivity index (χ1v) is 10.7. The van der Waals surface area contributed by atoms with Gasteiger partial charge in [-0.25, -0.2) is 17.9 Å². The maximum Gasteiger partial charge on any atom is 0.282 e. The maximum absolute atomic E-state index is 14.3. The van der Waals surface area contributed by atoms with Gasteiger partial charge in [-0.15, -0.1) is 15.3 Å². The second-order valence-corrected chi connectivity index (χ2v) is 8.21. The Morgan fingerprint density at radius 3 is 2.76 bits per heavy atom. The first-order valence-electron chi connectivity index (χ1n) is 9.85. The van der Waals surface area contributed by atoms with E-state index in [9.17, 15) is 22.8 Å². The molecule has 10 nitrogen and oxygen atoms in total. The van der Waals surface area contributed by atoms with Gasteiger partial charge in [0, 0.05) is 32.2 Å². The largest absolute Gasteiger partial charge is 0.354 e. The SMILES string of the molecule is CNC(=O)c1cn(CC(F)CCc2nnc(C(=O)NCc3cc(C(C)(F)F)ccn3)s2)nn1. The van der Waals surface area contributed by atoms with E-state index < -0.39 is 23.9 Å². The summed E-state index contributed by atoms with van der Waals surface area (Å²) in [4.78, 5) is 27.7. The highest BCUT2D eigenvalue weighted by atomic mass is 32.1. The number of nitrogens with zero attached hydrogens (tertiary/aromatic N) is 6. The molecule has 176 valence electrons. The molecule has 0 saturated carbocycles. The molecule has 1 unspecified atom stereocenters. The number of halogens is 3. The maximum atomic E-state index is 14.3. The van der Waals surface area contributed by atoms with Crippen LogP contribution in [0.2, 0.25) is 0 Å². The molecule has 0 radical (unpaired) electrons. The molecule has 0 saturated heterocycles. The number of aromatic nitrogens is 6. The quantitative estimate of drug-likeness (QED) is 0.452. The molecule has 0 aliphatic carbocycles. The van der Waals surface area contributed by atoms with Crippen LogP contribution in [-0.4, -0.2) is 55.2 Å². The molecular weight excluding hydrogens is 461 g/mol. The van der Waals surface area contributed by atoms with E-state index in [1.165, 1.54) is 36.3 Å². The summed E-state index contributed by atoms with van der Waals surface area (Å²) < 4.78 is 42.4. The van der Waals surface area contributed by atoms with Crippen LogP contribution in [0.3, 0.4) is 0 Å². The molecule has 0 aliphatic rings. The number of aryl methyl sites for hydroxylation is 1. The topological polar surface area (TPSA) is 128 Å². The summed E-state index contributed by atoms with van der Waals surface area (Å²) in [6.45, 7) is 0.642. The molecule has 2 N–H and O–H groups in total. The molecular formula is C19H21F3N8O2S. The third-order valence-corrected chi connectivity index (χ3v) is 5.45. The molecule has 0 spiro atoms. The molecule has 3 heterocycles. The van der Waals surface area contributed by atoms with E-state index in [4.69, 9.17) is 0 Å². The summed E-state index contributed by atoms with van der Waals surface area (Å²) in [6.07, 6.45) is 1.68. The number of carbonyl (C=O) groups excluding carboxylic acids is 2. The first-order chi connectivity index (χ1) is 15.7. The van der Waals surface area contributed by atoms with Gasteiger partial charge in [0.15, 0.2) is 5.69 Å². The Kier molecular flexibility index (Phi) is 7.68. The number of amides is 2. The molecule has 0 aromatic carbocycles. The van der Waals surface area contributed by atoms with Gasteiger partial charge in [0.25, 0.3) is 17.7 Å². The average molecular weight is 482 g/mol. The predicted molar refractivity (Wildman–Crippen MR) is 112 cm³/mol. The minimum absolute atomic E-state index is 0.0554. The number of carbonyl (C=O) groups is 2. The summed E-state index contributed by atoms with van der Waals surface area (Å²) in [5.41, 5.74) is 0.173. The van der Waals surface area contributed by atoms with Gasteiger partial charge in [-0.05, 0) is 18.6 Å². The van der Waals surface area contributed by atoms with E-state index in [1.807, 2.05) is 0 Å². The van der Waals surface area contributed by atoms with Crippen LogP contribution in [0.4, 0.5) is 13.2 Å². The van der Waals surface area contributed by atoms with Crippen LogP contribution >= 0.6 is 11.3 Å². The van der Waals surface area contributed by atoms with Crippen molar-refractivity contribution in [2.45, 2.75) is 44.9 Å². The number of nitrogens with one attached hydrogen (secondary N) is 2. The Labute approximate surface area is 190 Å². The van der Waals surface area contributed by atoms with Gasteiger partial charge in [-0.3, -0.25) is 14.6 Å². The van der Waals surface area contributed by atoms with Gasteiger partial charge < -0.3 is 10.6 Å². The summed E-state index contributed by atoms with van der Waals surface area (Å²) in [6, 6.07) is 2.43. The van der Waals surface area contributed by atoms with Crippen molar-refractivity contribution in [3.8, 4) is 0 Å². The first kappa shape index (κ1) is 24.2. The van der Waals surface area contributed by atoms with Crippen molar-refractivity contribution in [2.75, 3.05) is 7.05 Å². The lowest BCUT2D eigenvalue weighted by Gasteiger charge is -2.11. The van der Waals surface area contributed by atoms with Crippen LogP contribution in [0.25, 0.3) is 0 Å². The monoisotopic (exact) mass is 482 g/mol. The van der Waals surface area contributed by atoms with Crippen molar-refractivity contribution in [1.82, 2.24) is 40.8 Å². The van der Waals surface area contributed by atoms with Gasteiger partial charge in [0.1, 0.15) is 11.2 Å². The predicted octanol–water partition coefficient (Wildman–Crippen LogP) is 1.90. The average Bonchev–Trinajstić information content (AvgIpc) is 3.45. The van der Waals surface area contributed by atoms with Gasteiger partial charge in [0.05, 0.1) is 25.0 Å². The van der Waals surface area contributed by atoms with E-state index in [1.54, 1.807) is 0 Å². The van der Waals surface area contributed by atoms with Crippen molar-refractivity contribution in [3.63, 3.8) is 0 Å². The second kappa shape index (κ2) is 10.5. The minimum atomic E-state index is -3.01. The molecule has 3 aromatic rings. The Hall–Kier alpha value is -3.42. The van der Waals surface area contributed by atoms with Crippen molar-refractivity contribution >= 4 is 23.2 Å². The van der Waals surface area contributed by atoms with Crippen LogP contribution in [0.15, 0.2) is 24.5 Å². The summed E-state index contributed by atoms with van der Waals surface area (Å²) in [5, 5.41) is 20.6. The highest BCUT2D eigenvalue weighted by Gasteiger charge is 2.24. The van der Waals surface area contributed by atoms with Crippen LogP contribution in [-0.2, 0) is 25.4 Å². The lowest BCUT2D eigenvalue weighted by atomic mass is 10.1. The lowest BCUT2D eigenvalue weighted by Crippen LogP contribution is -2.23. The fraction of sp³-hybridized carbons (Fsp3) is 0.421. The normalized spacial score (nSPS) is 12.4. The summed E-state index contributed by atoms with van der Waals surface area (Å²) in [5.74, 6) is -3.96. The fourth-order valence-electron chi connectivity index (χ4n) is 2.73. The Morgan fingerprint density at radius 1 is 1.24 bits per heavy atom. The Balaban J connectivity index is 1.47. The van der Waals surface area contributed by atoms with Crippen molar-refractivity contribution in [3.05, 3.63) is 51.5 Å². The molecule has 2 amide bonds. The van der Waals surface area contributed by atoms with Crippen molar-refractivity contribution in [1.29, 1.82) is 0 Å². The molecule has 0 fully saturated rings. The molecule has 3 aromatic heterocycles. The number of pyridine rings is 1. The summed E-state index contributed by atoms with van der Waals surface area (Å²) in [7, 11) is 1.46. The van der Waals surface area contributed by atoms with Crippen LogP contribution < -0.4 is 10.6 Å². The van der Waals surface area contributed by atoms with Crippen LogP contribution in [0.1, 0.15) is 49.9 Å². The molecule has 0 bridgehead atoms. The van der Waals surface area contributed by atoms with E-state index >= 15 is 0 Å². The number of hydrogen-bond donors (Lipinski definition) is 2. The Bertz CT molecular complexity index is 1110. The fourth-order valence-corrected chi connectivity index (χ4v) is 3.51. The van der Waals surface area contributed by atoms with Gasteiger partial charge in [-0.2, -0.15) is 0 Å². The number of rotatable bonds is 10. The number of alkyl halides is 3. The van der Waals surface area contributed by atoms with E-state index in [0.717, 1.165) is 18.3 Å². The van der Waals surface area contributed by atoms with Gasteiger partial charge in [0.2, 0.25) is 5.01 Å². The highest BCUT2D eigenvalue weighted by Crippen LogP contribution is 2.26.